The maximum atomic E-state index is 3.89. The number of fused-ring (bicyclic) bond motifs is 6. The van der Waals surface area contributed by atoms with Crippen LogP contribution in [-0.4, -0.2) is 33.2 Å². The Bertz CT molecular complexity index is 2660. The van der Waals surface area contributed by atoms with Crippen LogP contribution < -0.4 is 20.0 Å². The molecule has 4 heterocycles. The molecule has 0 spiro atoms. The Morgan fingerprint density at radius 3 is 1.56 bits per heavy atom. The lowest BCUT2D eigenvalue weighted by atomic mass is 9.84. The molecule has 7 aromatic rings. The molecular weight excluding hydrogens is 693 g/mol. The fraction of sp³-hybridized carbons (Fsp3) is 0.283. The highest BCUT2D eigenvalue weighted by Gasteiger charge is 2.24. The zero-order chi connectivity index (χ0) is 37.9. The molecule has 4 aliphatic heterocycles. The second-order valence-corrected chi connectivity index (χ2v) is 17.0. The largest absolute Gasteiger partial charge is 0.372 e. The lowest BCUT2D eigenvalue weighted by molar-refractivity contribution is 0.578. The summed E-state index contributed by atoms with van der Waals surface area (Å²) < 4.78 is 0. The van der Waals surface area contributed by atoms with Crippen molar-refractivity contribution < 1.29 is 0 Å². The molecule has 0 aliphatic carbocycles. The zero-order valence-electron chi connectivity index (χ0n) is 33.3. The van der Waals surface area contributed by atoms with Crippen molar-refractivity contribution in [2.24, 2.45) is 0 Å². The first-order valence-electron chi connectivity index (χ1n) is 21.6. The van der Waals surface area contributed by atoms with E-state index in [0.29, 0.717) is 0 Å². The van der Waals surface area contributed by atoms with Gasteiger partial charge in [0.25, 0.3) is 0 Å². The van der Waals surface area contributed by atoms with Crippen LogP contribution in [0, 0.1) is 0 Å². The first-order chi connectivity index (χ1) is 28.2. The molecule has 2 saturated heterocycles. The third-order valence-electron chi connectivity index (χ3n) is 13.6. The first-order valence-corrected chi connectivity index (χ1v) is 21.6. The number of hydrogen-bond donors (Lipinski definition) is 1. The molecule has 2 fully saturated rings. The topological polar surface area (TPSA) is 21.8 Å². The van der Waals surface area contributed by atoms with Gasteiger partial charge in [-0.25, -0.2) is 0 Å². The molecular formula is C53H52N4. The Labute approximate surface area is 337 Å². The summed E-state index contributed by atoms with van der Waals surface area (Å²) in [6, 6.07) is 47.2. The predicted octanol–water partition coefficient (Wildman–Crippen LogP) is 13.0. The van der Waals surface area contributed by atoms with Crippen LogP contribution in [0.4, 0.5) is 34.1 Å². The summed E-state index contributed by atoms with van der Waals surface area (Å²) in [4.78, 5) is 7.69. The van der Waals surface area contributed by atoms with Crippen molar-refractivity contribution >= 4 is 55.7 Å². The third-order valence-corrected chi connectivity index (χ3v) is 13.6. The van der Waals surface area contributed by atoms with E-state index in [1.165, 1.54) is 139 Å². The Morgan fingerprint density at radius 2 is 0.912 bits per heavy atom. The average Bonchev–Trinajstić information content (AvgIpc) is 3.55. The summed E-state index contributed by atoms with van der Waals surface area (Å²) in [5, 5.41) is 9.24. The zero-order valence-corrected chi connectivity index (χ0v) is 33.3. The highest BCUT2D eigenvalue weighted by atomic mass is 15.1. The fourth-order valence-electron chi connectivity index (χ4n) is 10.6. The van der Waals surface area contributed by atoms with Crippen molar-refractivity contribution in [2.75, 3.05) is 53.2 Å². The summed E-state index contributed by atoms with van der Waals surface area (Å²) >= 11 is 0. The molecule has 0 aromatic heterocycles. The van der Waals surface area contributed by atoms with Crippen LogP contribution in [0.25, 0.3) is 43.8 Å². The molecule has 7 aromatic carbocycles. The van der Waals surface area contributed by atoms with Gasteiger partial charge in [-0.15, -0.1) is 0 Å². The number of piperidine rings is 2. The maximum Gasteiger partial charge on any atom is 0.0447 e. The molecule has 4 nitrogen and oxygen atoms in total. The van der Waals surface area contributed by atoms with E-state index in [1.807, 2.05) is 0 Å². The summed E-state index contributed by atoms with van der Waals surface area (Å²) in [7, 11) is 2.26. The van der Waals surface area contributed by atoms with E-state index in [2.05, 4.69) is 148 Å². The van der Waals surface area contributed by atoms with Crippen molar-refractivity contribution in [3.8, 4) is 22.3 Å². The molecule has 284 valence electrons. The quantitative estimate of drug-likeness (QED) is 0.181. The minimum absolute atomic E-state index is 1.04. The molecule has 1 N–H and O–H groups in total. The second-order valence-electron chi connectivity index (χ2n) is 17.0. The number of para-hydroxylation sites is 2. The van der Waals surface area contributed by atoms with E-state index >= 15 is 0 Å². The van der Waals surface area contributed by atoms with Gasteiger partial charge < -0.3 is 20.0 Å². The standard InChI is InChI=1S/C53H52N4/c1-55-50-15-7-5-13-38(50)19-20-39-21-23-41(33-51(39)55)53-45-27-25-42(56-28-8-2-9-29-56)34-46(45)52(44-26-24-43(35-47(44)53)57-30-10-3-11-31-57)40-22-18-37-17-16-36-12-4-6-14-48(36)54-49(37)32-40/h4-7,12-15,18,21-27,32-35,54H,2-3,8-11,16-17,19-20,28-31H2,1H3. The summed E-state index contributed by atoms with van der Waals surface area (Å²) in [5.41, 5.74) is 18.7. The summed E-state index contributed by atoms with van der Waals surface area (Å²) in [6.07, 6.45) is 11.9. The molecule has 0 saturated carbocycles. The third kappa shape index (κ3) is 6.12. The number of nitrogens with one attached hydrogen (secondary N) is 1. The van der Waals surface area contributed by atoms with Crippen LogP contribution in [0.2, 0.25) is 0 Å². The second kappa shape index (κ2) is 14.3. The van der Waals surface area contributed by atoms with E-state index in [-0.39, 0.29) is 0 Å². The fourth-order valence-corrected chi connectivity index (χ4v) is 10.6. The lowest BCUT2D eigenvalue weighted by Gasteiger charge is -2.31. The minimum atomic E-state index is 1.04. The Morgan fingerprint density at radius 1 is 0.404 bits per heavy atom. The highest BCUT2D eigenvalue weighted by Crippen LogP contribution is 2.48. The smallest absolute Gasteiger partial charge is 0.0447 e. The molecule has 0 unspecified atom stereocenters. The average molecular weight is 745 g/mol. The van der Waals surface area contributed by atoms with E-state index in [4.69, 9.17) is 0 Å². The van der Waals surface area contributed by atoms with Gasteiger partial charge in [0.2, 0.25) is 0 Å². The van der Waals surface area contributed by atoms with Gasteiger partial charge in [-0.3, -0.25) is 0 Å². The number of hydrogen-bond acceptors (Lipinski definition) is 4. The summed E-state index contributed by atoms with van der Waals surface area (Å²) in [5.74, 6) is 0. The number of aryl methyl sites for hydroxylation is 4. The van der Waals surface area contributed by atoms with E-state index in [1.54, 1.807) is 0 Å². The van der Waals surface area contributed by atoms with E-state index < -0.39 is 0 Å². The van der Waals surface area contributed by atoms with Crippen LogP contribution in [0.15, 0.2) is 121 Å². The van der Waals surface area contributed by atoms with Crippen molar-refractivity contribution in [2.45, 2.75) is 64.2 Å². The molecule has 4 aliphatic rings. The number of benzene rings is 7. The molecule has 11 rings (SSSR count). The van der Waals surface area contributed by atoms with Crippen molar-refractivity contribution in [3.63, 3.8) is 0 Å². The van der Waals surface area contributed by atoms with Gasteiger partial charge in [0.1, 0.15) is 0 Å². The van der Waals surface area contributed by atoms with Gasteiger partial charge >= 0.3 is 0 Å². The molecule has 0 radical (unpaired) electrons. The monoisotopic (exact) mass is 744 g/mol. The Hall–Kier alpha value is -5.74. The van der Waals surface area contributed by atoms with Gasteiger partial charge in [0, 0.05) is 67.4 Å². The molecule has 0 bridgehead atoms. The number of nitrogens with zero attached hydrogens (tertiary/aromatic N) is 3. The number of anilines is 6. The number of rotatable bonds is 4. The Kier molecular flexibility index (Phi) is 8.67. The van der Waals surface area contributed by atoms with E-state index in [9.17, 15) is 0 Å². The van der Waals surface area contributed by atoms with Crippen LogP contribution in [0.3, 0.4) is 0 Å². The molecule has 0 atom stereocenters. The Balaban J connectivity index is 1.17. The van der Waals surface area contributed by atoms with Crippen LogP contribution in [-0.2, 0) is 25.7 Å². The van der Waals surface area contributed by atoms with E-state index in [0.717, 1.165) is 51.9 Å². The highest BCUT2D eigenvalue weighted by molar-refractivity contribution is 6.22. The van der Waals surface area contributed by atoms with Crippen LogP contribution >= 0.6 is 0 Å². The van der Waals surface area contributed by atoms with Crippen LogP contribution in [0.5, 0.6) is 0 Å². The minimum Gasteiger partial charge on any atom is -0.372 e. The van der Waals surface area contributed by atoms with Crippen molar-refractivity contribution in [1.82, 2.24) is 0 Å². The van der Waals surface area contributed by atoms with Gasteiger partial charge in [-0.05, 0) is 179 Å². The van der Waals surface area contributed by atoms with Crippen molar-refractivity contribution in [1.29, 1.82) is 0 Å². The SMILES string of the molecule is CN1c2ccccc2CCc2ccc(-c3c4ccc(N5CCCCC5)cc4c(-c4ccc5c(c4)Nc4ccccc4CC5)c4ccc(N5CCCCC5)cc34)cc21. The first kappa shape index (κ1) is 34.5. The van der Waals surface area contributed by atoms with Gasteiger partial charge in [-0.2, -0.15) is 0 Å². The van der Waals surface area contributed by atoms with Gasteiger partial charge in [0.05, 0.1) is 0 Å². The predicted molar refractivity (Wildman–Crippen MR) is 243 cm³/mol. The van der Waals surface area contributed by atoms with Crippen molar-refractivity contribution in [3.05, 3.63) is 144 Å². The van der Waals surface area contributed by atoms with Crippen LogP contribution in [0.1, 0.15) is 60.8 Å². The molecule has 57 heavy (non-hydrogen) atoms. The van der Waals surface area contributed by atoms with Gasteiger partial charge in [0.15, 0.2) is 0 Å². The normalized spacial score (nSPS) is 16.6. The molecule has 4 heteroatoms. The summed E-state index contributed by atoms with van der Waals surface area (Å²) in [6.45, 7) is 4.51. The molecule has 0 amide bonds. The maximum absolute atomic E-state index is 3.89. The lowest BCUT2D eigenvalue weighted by Crippen LogP contribution is -2.29. The van der Waals surface area contributed by atoms with Gasteiger partial charge in [-0.1, -0.05) is 72.8 Å².